The molecule has 3 aliphatic rings. The maximum absolute atomic E-state index is 4.82. The Kier molecular flexibility index (Phi) is 1.76. The Morgan fingerprint density at radius 1 is 1.54 bits per heavy atom. The van der Waals surface area contributed by atoms with Gasteiger partial charge in [0, 0.05) is 0 Å². The van der Waals surface area contributed by atoms with E-state index < -0.39 is 0 Å². The van der Waals surface area contributed by atoms with Crippen molar-refractivity contribution >= 4 is 5.71 Å². The van der Waals surface area contributed by atoms with Gasteiger partial charge in [-0.05, 0) is 35.7 Å². The third kappa shape index (κ3) is 1.04. The van der Waals surface area contributed by atoms with Crippen LogP contribution in [-0.2, 0) is 4.84 Å². The van der Waals surface area contributed by atoms with Crippen LogP contribution in [0.1, 0.15) is 26.7 Å². The van der Waals surface area contributed by atoms with E-state index >= 15 is 0 Å². The lowest BCUT2D eigenvalue weighted by molar-refractivity contribution is 0.000258. The van der Waals surface area contributed by atoms with Gasteiger partial charge in [0.25, 0.3) is 0 Å². The Bertz CT molecular complexity index is 278. The number of hydrogen-bond acceptors (Lipinski definition) is 2. The van der Waals surface area contributed by atoms with Crippen LogP contribution in [0.2, 0.25) is 0 Å². The van der Waals surface area contributed by atoms with Crippen LogP contribution in [0.4, 0.5) is 0 Å². The van der Waals surface area contributed by atoms with E-state index in [1.807, 2.05) is 0 Å². The monoisotopic (exact) mass is 179 g/mol. The van der Waals surface area contributed by atoms with Crippen LogP contribution in [0, 0.1) is 17.3 Å². The minimum Gasteiger partial charge on any atom is -0.399 e. The summed E-state index contributed by atoms with van der Waals surface area (Å²) in [6.07, 6.45) is 2.35. The van der Waals surface area contributed by atoms with Crippen LogP contribution < -0.4 is 0 Å². The van der Waals surface area contributed by atoms with Crippen molar-refractivity contribution in [2.75, 3.05) is 7.11 Å². The molecule has 3 aliphatic carbocycles. The van der Waals surface area contributed by atoms with Crippen molar-refractivity contribution in [3.63, 3.8) is 0 Å². The lowest BCUT2D eigenvalue weighted by Crippen LogP contribution is -2.52. The van der Waals surface area contributed by atoms with Crippen molar-refractivity contribution in [1.29, 1.82) is 0 Å². The molecule has 2 unspecified atom stereocenters. The van der Waals surface area contributed by atoms with Gasteiger partial charge < -0.3 is 4.84 Å². The number of oxime groups is 1. The molecule has 0 aliphatic heterocycles. The number of rotatable bonds is 1. The molecule has 3 saturated carbocycles. The van der Waals surface area contributed by atoms with E-state index in [2.05, 4.69) is 25.6 Å². The average molecular weight is 179 g/mol. The summed E-state index contributed by atoms with van der Waals surface area (Å²) in [4.78, 5) is 4.82. The van der Waals surface area contributed by atoms with E-state index in [1.165, 1.54) is 12.0 Å². The lowest BCUT2D eigenvalue weighted by atomic mass is 9.47. The summed E-state index contributed by atoms with van der Waals surface area (Å²) in [5.74, 6) is 1.43. The highest BCUT2D eigenvalue weighted by Gasteiger charge is 2.53. The summed E-state index contributed by atoms with van der Waals surface area (Å²) in [5, 5.41) is 4.03. The minimum absolute atomic E-state index is 0.448. The second-order valence-electron chi connectivity index (χ2n) is 4.76. The first-order valence-corrected chi connectivity index (χ1v) is 4.86. The molecule has 3 rings (SSSR count). The molecular weight excluding hydrogens is 162 g/mol. The zero-order valence-corrected chi connectivity index (χ0v) is 8.63. The smallest absolute Gasteiger partial charge is 0.106 e. The van der Waals surface area contributed by atoms with Gasteiger partial charge in [-0.3, -0.25) is 0 Å². The molecule has 3 fully saturated rings. The molecule has 72 valence electrons. The molecule has 2 heteroatoms. The van der Waals surface area contributed by atoms with Crippen molar-refractivity contribution in [2.24, 2.45) is 22.4 Å². The van der Waals surface area contributed by atoms with Crippen LogP contribution in [0.25, 0.3) is 0 Å². The molecule has 0 amide bonds. The Labute approximate surface area is 79.7 Å². The Hall–Kier alpha value is -0.790. The van der Waals surface area contributed by atoms with E-state index in [1.54, 1.807) is 7.11 Å². The zero-order valence-electron chi connectivity index (χ0n) is 8.63. The predicted octanol–water partition coefficient (Wildman–Crippen LogP) is 2.61. The minimum atomic E-state index is 0.448. The zero-order chi connectivity index (χ0) is 9.64. The number of fused-ring (bicyclic) bond motifs is 2. The summed E-state index contributed by atoms with van der Waals surface area (Å²) in [6, 6.07) is 0. The predicted molar refractivity (Wildman–Crippen MR) is 53.6 cm³/mol. The normalized spacial score (nSPS) is 38.7. The van der Waals surface area contributed by atoms with E-state index in [0.29, 0.717) is 11.3 Å². The van der Waals surface area contributed by atoms with Gasteiger partial charge in [-0.1, -0.05) is 25.6 Å². The van der Waals surface area contributed by atoms with Crippen LogP contribution in [0.5, 0.6) is 0 Å². The average Bonchev–Trinajstić information content (AvgIpc) is 2.08. The second kappa shape index (κ2) is 2.60. The molecule has 0 aromatic carbocycles. The fourth-order valence-corrected chi connectivity index (χ4v) is 2.73. The molecule has 0 aromatic heterocycles. The standard InChI is InChI=1S/C11H17NO/c1-7-9-5-8(11(9,2)3)6-10(7)12-13-4/h8-9H,1,5-6H2,2-4H3/b12-10+. The molecule has 0 N–H and O–H groups in total. The third-order valence-corrected chi connectivity index (χ3v) is 3.90. The summed E-state index contributed by atoms with van der Waals surface area (Å²) in [7, 11) is 1.60. The van der Waals surface area contributed by atoms with Crippen LogP contribution in [0.3, 0.4) is 0 Å². The SMILES string of the molecule is C=C1/C(=N/OC)CC2CC1C2(C)C. The van der Waals surface area contributed by atoms with Crippen molar-refractivity contribution in [1.82, 2.24) is 0 Å². The third-order valence-electron chi connectivity index (χ3n) is 3.90. The van der Waals surface area contributed by atoms with Crippen LogP contribution in [0.15, 0.2) is 17.3 Å². The van der Waals surface area contributed by atoms with E-state index in [9.17, 15) is 0 Å². The molecule has 0 saturated heterocycles. The van der Waals surface area contributed by atoms with Gasteiger partial charge in [0.2, 0.25) is 0 Å². The van der Waals surface area contributed by atoms with Gasteiger partial charge in [-0.15, -0.1) is 0 Å². The highest BCUT2D eigenvalue weighted by atomic mass is 16.6. The molecule has 2 atom stereocenters. The molecule has 2 nitrogen and oxygen atoms in total. The molecule has 0 heterocycles. The van der Waals surface area contributed by atoms with Crippen molar-refractivity contribution in [3.8, 4) is 0 Å². The highest BCUT2D eigenvalue weighted by molar-refractivity contribution is 6.01. The summed E-state index contributed by atoms with van der Waals surface area (Å²) in [6.45, 7) is 8.79. The topological polar surface area (TPSA) is 21.6 Å². The van der Waals surface area contributed by atoms with Crippen LogP contribution in [-0.4, -0.2) is 12.8 Å². The largest absolute Gasteiger partial charge is 0.399 e. The fraction of sp³-hybridized carbons (Fsp3) is 0.727. The molecule has 2 bridgehead atoms. The number of nitrogens with zero attached hydrogens (tertiary/aromatic N) is 1. The molecule has 0 spiro atoms. The number of allylic oxidation sites excluding steroid dienone is 1. The first-order valence-electron chi connectivity index (χ1n) is 4.86. The quantitative estimate of drug-likeness (QED) is 0.567. The van der Waals surface area contributed by atoms with Gasteiger partial charge in [-0.2, -0.15) is 0 Å². The summed E-state index contributed by atoms with van der Waals surface area (Å²) >= 11 is 0. The summed E-state index contributed by atoms with van der Waals surface area (Å²) < 4.78 is 0. The van der Waals surface area contributed by atoms with Gasteiger partial charge in [0.05, 0.1) is 5.71 Å². The van der Waals surface area contributed by atoms with Gasteiger partial charge in [0.15, 0.2) is 0 Å². The highest BCUT2D eigenvalue weighted by Crippen LogP contribution is 2.59. The Balaban J connectivity index is 2.22. The van der Waals surface area contributed by atoms with Crippen LogP contribution >= 0.6 is 0 Å². The first-order chi connectivity index (χ1) is 6.07. The van der Waals surface area contributed by atoms with E-state index in [0.717, 1.165) is 18.1 Å². The lowest BCUT2D eigenvalue weighted by Gasteiger charge is -2.57. The van der Waals surface area contributed by atoms with E-state index in [4.69, 9.17) is 4.84 Å². The van der Waals surface area contributed by atoms with Crippen molar-refractivity contribution in [2.45, 2.75) is 26.7 Å². The first kappa shape index (κ1) is 8.79. The number of hydrogen-bond donors (Lipinski definition) is 0. The van der Waals surface area contributed by atoms with Crippen molar-refractivity contribution in [3.05, 3.63) is 12.2 Å². The fourth-order valence-electron chi connectivity index (χ4n) is 2.73. The van der Waals surface area contributed by atoms with Gasteiger partial charge >= 0.3 is 0 Å². The van der Waals surface area contributed by atoms with Gasteiger partial charge in [-0.25, -0.2) is 0 Å². The van der Waals surface area contributed by atoms with Gasteiger partial charge in [0.1, 0.15) is 7.11 Å². The summed E-state index contributed by atoms with van der Waals surface area (Å²) in [5.41, 5.74) is 2.74. The van der Waals surface area contributed by atoms with E-state index in [-0.39, 0.29) is 0 Å². The molecule has 0 radical (unpaired) electrons. The molecular formula is C11H17NO. The maximum atomic E-state index is 4.82. The second-order valence-corrected chi connectivity index (χ2v) is 4.76. The molecule has 13 heavy (non-hydrogen) atoms. The Morgan fingerprint density at radius 2 is 2.23 bits per heavy atom. The Morgan fingerprint density at radius 3 is 2.69 bits per heavy atom. The maximum Gasteiger partial charge on any atom is 0.106 e. The van der Waals surface area contributed by atoms with Crippen molar-refractivity contribution < 1.29 is 4.84 Å². The molecule has 0 aromatic rings.